The molecule has 8 heteroatoms. The lowest BCUT2D eigenvalue weighted by Crippen LogP contribution is -2.35. The quantitative estimate of drug-likeness (QED) is 0.751. The van der Waals surface area contributed by atoms with Gasteiger partial charge in [-0.2, -0.15) is 0 Å². The summed E-state index contributed by atoms with van der Waals surface area (Å²) >= 11 is 3.39. The first-order chi connectivity index (χ1) is 12.5. The van der Waals surface area contributed by atoms with Crippen molar-refractivity contribution in [2.45, 2.75) is 6.42 Å². The molecule has 0 bridgehead atoms. The van der Waals surface area contributed by atoms with Gasteiger partial charge in [0.05, 0.1) is 11.3 Å². The fourth-order valence-electron chi connectivity index (χ4n) is 2.73. The summed E-state index contributed by atoms with van der Waals surface area (Å²) in [6, 6.07) is 14.3. The zero-order chi connectivity index (χ0) is 18.6. The normalized spacial score (nSPS) is 16.3. The van der Waals surface area contributed by atoms with E-state index in [1.807, 2.05) is 18.2 Å². The number of amides is 1. The Kier molecular flexibility index (Phi) is 5.95. The van der Waals surface area contributed by atoms with Crippen molar-refractivity contribution in [2.75, 3.05) is 25.4 Å². The minimum absolute atomic E-state index is 0.185. The Morgan fingerprint density at radius 3 is 2.73 bits per heavy atom. The van der Waals surface area contributed by atoms with Gasteiger partial charge in [-0.3, -0.25) is 4.79 Å². The van der Waals surface area contributed by atoms with Crippen LogP contribution < -0.4 is 10.1 Å². The van der Waals surface area contributed by atoms with Gasteiger partial charge in [-0.15, -0.1) is 0 Å². The highest BCUT2D eigenvalue weighted by molar-refractivity contribution is 9.10. The maximum Gasteiger partial charge on any atom is 0.255 e. The smallest absolute Gasteiger partial charge is 0.255 e. The number of carbonyl (C=O) groups excluding carboxylic acids is 1. The second kappa shape index (κ2) is 8.20. The number of hydrogen-bond acceptors (Lipinski definition) is 4. The van der Waals surface area contributed by atoms with Crippen LogP contribution in [0.5, 0.6) is 11.5 Å². The third-order valence-electron chi connectivity index (χ3n) is 4.01. The number of carbonyl (C=O) groups is 1. The average Bonchev–Trinajstić information content (AvgIpc) is 2.94. The van der Waals surface area contributed by atoms with Crippen molar-refractivity contribution in [2.24, 2.45) is 0 Å². The lowest BCUT2D eigenvalue weighted by atomic mass is 10.2. The highest BCUT2D eigenvalue weighted by Crippen LogP contribution is 2.27. The molecular formula is C18H19BrN2O4S. The van der Waals surface area contributed by atoms with Crippen molar-refractivity contribution in [3.63, 3.8) is 0 Å². The van der Waals surface area contributed by atoms with Crippen molar-refractivity contribution < 1.29 is 17.9 Å². The lowest BCUT2D eigenvalue weighted by Gasteiger charge is -2.15. The van der Waals surface area contributed by atoms with Crippen molar-refractivity contribution in [3.05, 3.63) is 58.6 Å². The fraction of sp³-hybridized carbons (Fsp3) is 0.278. The molecule has 1 aliphatic heterocycles. The van der Waals surface area contributed by atoms with Gasteiger partial charge in [0, 0.05) is 24.1 Å². The number of rotatable bonds is 6. The molecule has 0 saturated carbocycles. The monoisotopic (exact) mass is 438 g/mol. The summed E-state index contributed by atoms with van der Waals surface area (Å²) in [7, 11) is -3.15. The predicted molar refractivity (Wildman–Crippen MR) is 103 cm³/mol. The van der Waals surface area contributed by atoms with E-state index in [1.54, 1.807) is 30.3 Å². The summed E-state index contributed by atoms with van der Waals surface area (Å²) in [5.41, 5.74) is 0.400. The first-order valence-electron chi connectivity index (χ1n) is 8.24. The molecule has 1 N–H and O–H groups in total. The SMILES string of the molecule is O=C(NCCN1CCCS1(=O)=O)c1ccccc1Oc1cccc(Br)c1. The number of hydrogen-bond donors (Lipinski definition) is 1. The topological polar surface area (TPSA) is 75.7 Å². The number of sulfonamides is 1. The summed E-state index contributed by atoms with van der Waals surface area (Å²) in [6.45, 7) is 1.05. The molecule has 0 spiro atoms. The first-order valence-corrected chi connectivity index (χ1v) is 10.6. The first kappa shape index (κ1) is 18.9. The molecule has 0 radical (unpaired) electrons. The van der Waals surface area contributed by atoms with Crippen LogP contribution in [0.2, 0.25) is 0 Å². The summed E-state index contributed by atoms with van der Waals surface area (Å²) in [5.74, 6) is 0.941. The predicted octanol–water partition coefficient (Wildman–Crippen LogP) is 3.01. The minimum Gasteiger partial charge on any atom is -0.456 e. The summed E-state index contributed by atoms with van der Waals surface area (Å²) in [5, 5.41) is 2.77. The maximum absolute atomic E-state index is 12.5. The van der Waals surface area contributed by atoms with Crippen LogP contribution in [-0.2, 0) is 10.0 Å². The molecule has 0 unspecified atom stereocenters. The van der Waals surface area contributed by atoms with Gasteiger partial charge in [0.15, 0.2) is 0 Å². The summed E-state index contributed by atoms with van der Waals surface area (Å²) in [4.78, 5) is 12.5. The highest BCUT2D eigenvalue weighted by atomic mass is 79.9. The van der Waals surface area contributed by atoms with Crippen LogP contribution in [0, 0.1) is 0 Å². The van der Waals surface area contributed by atoms with E-state index in [1.165, 1.54) is 4.31 Å². The molecule has 0 aromatic heterocycles. The van der Waals surface area contributed by atoms with E-state index in [0.29, 0.717) is 30.0 Å². The Morgan fingerprint density at radius 2 is 2.00 bits per heavy atom. The van der Waals surface area contributed by atoms with Crippen molar-refractivity contribution in [1.29, 1.82) is 0 Å². The van der Waals surface area contributed by atoms with Crippen LogP contribution in [0.1, 0.15) is 16.8 Å². The zero-order valence-corrected chi connectivity index (χ0v) is 16.4. The van der Waals surface area contributed by atoms with E-state index >= 15 is 0 Å². The Balaban J connectivity index is 1.64. The van der Waals surface area contributed by atoms with Gasteiger partial charge in [0.25, 0.3) is 5.91 Å². The molecule has 1 saturated heterocycles. The third kappa shape index (κ3) is 4.63. The van der Waals surface area contributed by atoms with Gasteiger partial charge in [-0.05, 0) is 36.8 Å². The molecule has 1 aliphatic rings. The molecule has 0 aliphatic carbocycles. The van der Waals surface area contributed by atoms with E-state index in [0.717, 1.165) is 4.47 Å². The third-order valence-corrected chi connectivity index (χ3v) is 6.46. The van der Waals surface area contributed by atoms with Crippen LogP contribution >= 0.6 is 15.9 Å². The van der Waals surface area contributed by atoms with E-state index in [2.05, 4.69) is 21.2 Å². The largest absolute Gasteiger partial charge is 0.456 e. The number of benzene rings is 2. The molecule has 3 rings (SSSR count). The molecule has 0 atom stereocenters. The Labute approximate surface area is 161 Å². The molecule has 26 heavy (non-hydrogen) atoms. The molecule has 1 fully saturated rings. The zero-order valence-electron chi connectivity index (χ0n) is 14.0. The van der Waals surface area contributed by atoms with E-state index < -0.39 is 10.0 Å². The number of nitrogens with one attached hydrogen (secondary N) is 1. The Morgan fingerprint density at radius 1 is 1.19 bits per heavy atom. The van der Waals surface area contributed by atoms with Crippen molar-refractivity contribution in [3.8, 4) is 11.5 Å². The molecule has 1 heterocycles. The second-order valence-electron chi connectivity index (χ2n) is 5.88. The van der Waals surface area contributed by atoms with Crippen LogP contribution in [0.4, 0.5) is 0 Å². The van der Waals surface area contributed by atoms with Crippen LogP contribution in [-0.4, -0.2) is 44.0 Å². The van der Waals surface area contributed by atoms with Crippen molar-refractivity contribution >= 4 is 31.9 Å². The van der Waals surface area contributed by atoms with Gasteiger partial charge >= 0.3 is 0 Å². The molecular weight excluding hydrogens is 420 g/mol. The number of nitrogens with zero attached hydrogens (tertiary/aromatic N) is 1. The second-order valence-corrected chi connectivity index (χ2v) is 8.88. The Bertz CT molecular complexity index is 902. The lowest BCUT2D eigenvalue weighted by molar-refractivity contribution is 0.0949. The van der Waals surface area contributed by atoms with E-state index in [9.17, 15) is 13.2 Å². The van der Waals surface area contributed by atoms with Crippen LogP contribution in [0.3, 0.4) is 0 Å². The van der Waals surface area contributed by atoms with Gasteiger partial charge in [-0.25, -0.2) is 12.7 Å². The molecule has 2 aromatic carbocycles. The molecule has 138 valence electrons. The van der Waals surface area contributed by atoms with Gasteiger partial charge in [-0.1, -0.05) is 34.1 Å². The Hall–Kier alpha value is -1.90. The average molecular weight is 439 g/mol. The number of halogens is 1. The van der Waals surface area contributed by atoms with Crippen LogP contribution in [0.25, 0.3) is 0 Å². The highest BCUT2D eigenvalue weighted by Gasteiger charge is 2.27. The number of ether oxygens (including phenoxy) is 1. The standard InChI is InChI=1S/C18H19BrN2O4S/c19-14-5-3-6-15(13-14)25-17-8-2-1-7-16(17)18(22)20-9-11-21-10-4-12-26(21,23)24/h1-3,5-8,13H,4,9-12H2,(H,20,22). The molecule has 6 nitrogen and oxygen atoms in total. The molecule has 1 amide bonds. The van der Waals surface area contributed by atoms with Gasteiger partial charge in [0.1, 0.15) is 11.5 Å². The van der Waals surface area contributed by atoms with Gasteiger partial charge in [0.2, 0.25) is 10.0 Å². The fourth-order valence-corrected chi connectivity index (χ4v) is 4.64. The molecule has 2 aromatic rings. The van der Waals surface area contributed by atoms with Crippen molar-refractivity contribution in [1.82, 2.24) is 9.62 Å². The number of para-hydroxylation sites is 1. The minimum atomic E-state index is -3.15. The summed E-state index contributed by atoms with van der Waals surface area (Å²) < 4.78 is 31.7. The van der Waals surface area contributed by atoms with E-state index in [4.69, 9.17) is 4.74 Å². The van der Waals surface area contributed by atoms with Gasteiger partial charge < -0.3 is 10.1 Å². The maximum atomic E-state index is 12.5. The summed E-state index contributed by atoms with van der Waals surface area (Å²) in [6.07, 6.45) is 0.638. The van der Waals surface area contributed by atoms with E-state index in [-0.39, 0.29) is 24.7 Å². The van der Waals surface area contributed by atoms with Crippen LogP contribution in [0.15, 0.2) is 53.0 Å².